The number of nitrogens with zero attached hydrogens (tertiary/aromatic N) is 2. The fourth-order valence-electron chi connectivity index (χ4n) is 2.95. The van der Waals surface area contributed by atoms with Gasteiger partial charge in [-0.2, -0.15) is 4.31 Å². The monoisotopic (exact) mass is 393 g/mol. The van der Waals surface area contributed by atoms with E-state index in [-0.39, 0.29) is 17.3 Å². The van der Waals surface area contributed by atoms with Crippen LogP contribution in [0.4, 0.5) is 0 Å². The molecule has 3 rings (SSSR count). The number of hydrogen-bond donors (Lipinski definition) is 1. The van der Waals surface area contributed by atoms with Crippen molar-refractivity contribution >= 4 is 27.5 Å². The minimum absolute atomic E-state index is 0.0316. The van der Waals surface area contributed by atoms with Crippen molar-refractivity contribution in [2.75, 3.05) is 6.54 Å². The average Bonchev–Trinajstić information content (AvgIpc) is 2.85. The Morgan fingerprint density at radius 1 is 1.15 bits per heavy atom. The van der Waals surface area contributed by atoms with Gasteiger partial charge in [0.2, 0.25) is 15.9 Å². The molecule has 6 nitrogen and oxygen atoms in total. The average molecular weight is 394 g/mol. The van der Waals surface area contributed by atoms with Crippen LogP contribution >= 0.6 is 11.6 Å². The molecule has 1 saturated heterocycles. The molecule has 0 unspecified atom stereocenters. The zero-order valence-electron chi connectivity index (χ0n) is 14.1. The number of amides is 1. The molecule has 1 aliphatic rings. The van der Waals surface area contributed by atoms with Crippen molar-refractivity contribution in [3.05, 3.63) is 59.4 Å². The second-order valence-corrected chi connectivity index (χ2v) is 8.45. The molecule has 138 valence electrons. The maximum atomic E-state index is 13.3. The van der Waals surface area contributed by atoms with E-state index in [0.29, 0.717) is 23.7 Å². The normalized spacial score (nSPS) is 18.4. The number of aromatic nitrogens is 1. The number of rotatable bonds is 5. The van der Waals surface area contributed by atoms with Gasteiger partial charge < -0.3 is 5.32 Å². The predicted molar refractivity (Wildman–Crippen MR) is 99.1 cm³/mol. The Morgan fingerprint density at radius 2 is 1.92 bits per heavy atom. The summed E-state index contributed by atoms with van der Waals surface area (Å²) in [6.45, 7) is 0.595. The molecule has 26 heavy (non-hydrogen) atoms. The highest BCUT2D eigenvalue weighted by atomic mass is 35.5. The number of sulfonamides is 1. The van der Waals surface area contributed by atoms with Crippen molar-refractivity contribution in [3.63, 3.8) is 0 Å². The van der Waals surface area contributed by atoms with Crippen LogP contribution in [-0.4, -0.2) is 36.2 Å². The first-order valence-corrected chi connectivity index (χ1v) is 10.3. The lowest BCUT2D eigenvalue weighted by Gasteiger charge is -2.28. The Morgan fingerprint density at radius 3 is 2.62 bits per heavy atom. The van der Waals surface area contributed by atoms with E-state index < -0.39 is 16.1 Å². The molecule has 2 heterocycles. The molecule has 8 heteroatoms. The summed E-state index contributed by atoms with van der Waals surface area (Å²) in [5, 5.41) is 3.26. The summed E-state index contributed by atoms with van der Waals surface area (Å²) in [6, 6.07) is 10.5. The highest BCUT2D eigenvalue weighted by Gasteiger charge is 2.36. The number of hydrogen-bond acceptors (Lipinski definition) is 4. The Hall–Kier alpha value is -1.96. The summed E-state index contributed by atoms with van der Waals surface area (Å²) in [6.07, 6.45) is 3.69. The second-order valence-electron chi connectivity index (χ2n) is 6.13. The van der Waals surface area contributed by atoms with Crippen molar-refractivity contribution in [2.45, 2.75) is 36.7 Å². The Bertz CT molecular complexity index is 857. The first-order chi connectivity index (χ1) is 12.5. The van der Waals surface area contributed by atoms with Gasteiger partial charge in [-0.3, -0.25) is 9.78 Å². The number of benzene rings is 1. The van der Waals surface area contributed by atoms with Gasteiger partial charge in [0, 0.05) is 17.8 Å². The predicted octanol–water partition coefficient (Wildman–Crippen LogP) is 2.59. The molecule has 1 aliphatic heterocycles. The minimum atomic E-state index is -3.89. The van der Waals surface area contributed by atoms with E-state index in [1.54, 1.807) is 24.4 Å². The van der Waals surface area contributed by atoms with E-state index in [0.717, 1.165) is 12.8 Å². The quantitative estimate of drug-likeness (QED) is 0.846. The van der Waals surface area contributed by atoms with Crippen LogP contribution in [0, 0.1) is 0 Å². The van der Waals surface area contributed by atoms with Crippen LogP contribution in [0.3, 0.4) is 0 Å². The zero-order chi connectivity index (χ0) is 18.6. The van der Waals surface area contributed by atoms with Crippen molar-refractivity contribution in [1.82, 2.24) is 14.6 Å². The lowest BCUT2D eigenvalue weighted by Crippen LogP contribution is -2.48. The SMILES string of the molecule is O=C1NCCCC[C@H]1N(Cc1ccccn1)S(=O)(=O)c1ccc(Cl)cc1. The van der Waals surface area contributed by atoms with Crippen molar-refractivity contribution in [3.8, 4) is 0 Å². The molecule has 1 fully saturated rings. The van der Waals surface area contributed by atoms with Crippen molar-refractivity contribution in [2.24, 2.45) is 0 Å². The maximum absolute atomic E-state index is 13.3. The molecule has 1 N–H and O–H groups in total. The van der Waals surface area contributed by atoms with E-state index >= 15 is 0 Å². The zero-order valence-corrected chi connectivity index (χ0v) is 15.7. The van der Waals surface area contributed by atoms with Gasteiger partial charge in [-0.05, 0) is 55.7 Å². The topological polar surface area (TPSA) is 79.4 Å². The molecule has 0 spiro atoms. The Kier molecular flexibility index (Phi) is 5.90. The summed E-state index contributed by atoms with van der Waals surface area (Å²) in [5.74, 6) is -0.268. The van der Waals surface area contributed by atoms with Gasteiger partial charge in [-0.1, -0.05) is 17.7 Å². The molecule has 1 atom stereocenters. The van der Waals surface area contributed by atoms with Gasteiger partial charge in [0.15, 0.2) is 0 Å². The van der Waals surface area contributed by atoms with Gasteiger partial charge in [-0.15, -0.1) is 0 Å². The summed E-state index contributed by atoms with van der Waals surface area (Å²) < 4.78 is 27.8. The summed E-state index contributed by atoms with van der Waals surface area (Å²) >= 11 is 5.88. The number of nitrogens with one attached hydrogen (secondary N) is 1. The van der Waals surface area contributed by atoms with Crippen molar-refractivity contribution in [1.29, 1.82) is 0 Å². The minimum Gasteiger partial charge on any atom is -0.355 e. The molecular formula is C18H20ClN3O3S. The van der Waals surface area contributed by atoms with Crippen LogP contribution < -0.4 is 5.32 Å². The van der Waals surface area contributed by atoms with Crippen LogP contribution in [0.25, 0.3) is 0 Å². The maximum Gasteiger partial charge on any atom is 0.244 e. The lowest BCUT2D eigenvalue weighted by molar-refractivity contribution is -0.124. The van der Waals surface area contributed by atoms with Crippen LogP contribution in [-0.2, 0) is 21.4 Å². The third-order valence-electron chi connectivity index (χ3n) is 4.32. The summed E-state index contributed by atoms with van der Waals surface area (Å²) in [5.41, 5.74) is 0.585. The van der Waals surface area contributed by atoms with Gasteiger partial charge in [0.05, 0.1) is 17.1 Å². The molecule has 0 aliphatic carbocycles. The molecule has 1 aromatic carbocycles. The second kappa shape index (κ2) is 8.16. The van der Waals surface area contributed by atoms with E-state index in [2.05, 4.69) is 10.3 Å². The molecule has 0 bridgehead atoms. The number of carbonyl (C=O) groups is 1. The number of carbonyl (C=O) groups excluding carboxylic acids is 1. The summed E-state index contributed by atoms with van der Waals surface area (Å²) in [7, 11) is -3.89. The van der Waals surface area contributed by atoms with Crippen LogP contribution in [0.2, 0.25) is 5.02 Å². The standard InChI is InChI=1S/C18H20ClN3O3S/c19-14-7-9-16(10-8-14)26(24,25)22(13-15-5-1-3-11-20-15)17-6-2-4-12-21-18(17)23/h1,3,5,7-11,17H,2,4,6,12-13H2,(H,21,23)/t17-/m1/s1. The third kappa shape index (κ3) is 4.23. The Labute approximate surface area is 158 Å². The highest BCUT2D eigenvalue weighted by molar-refractivity contribution is 7.89. The van der Waals surface area contributed by atoms with Crippen LogP contribution in [0.15, 0.2) is 53.6 Å². The van der Waals surface area contributed by atoms with Crippen molar-refractivity contribution < 1.29 is 13.2 Å². The van der Waals surface area contributed by atoms with Gasteiger partial charge in [0.25, 0.3) is 0 Å². The molecule has 0 saturated carbocycles. The lowest BCUT2D eigenvalue weighted by atomic mass is 10.1. The number of pyridine rings is 1. The van der Waals surface area contributed by atoms with Crippen LogP contribution in [0.5, 0.6) is 0 Å². The largest absolute Gasteiger partial charge is 0.355 e. The van der Waals surface area contributed by atoms with Gasteiger partial charge in [0.1, 0.15) is 6.04 Å². The third-order valence-corrected chi connectivity index (χ3v) is 6.44. The van der Waals surface area contributed by atoms with E-state index in [4.69, 9.17) is 11.6 Å². The summed E-state index contributed by atoms with van der Waals surface area (Å²) in [4.78, 5) is 16.8. The van der Waals surface area contributed by atoms with E-state index in [1.807, 2.05) is 0 Å². The van der Waals surface area contributed by atoms with E-state index in [1.165, 1.54) is 28.6 Å². The van der Waals surface area contributed by atoms with Crippen LogP contribution in [0.1, 0.15) is 25.0 Å². The molecule has 1 amide bonds. The van der Waals surface area contributed by atoms with Gasteiger partial charge in [-0.25, -0.2) is 8.42 Å². The highest BCUT2D eigenvalue weighted by Crippen LogP contribution is 2.25. The molecule has 1 aromatic heterocycles. The molecule has 2 aromatic rings. The smallest absolute Gasteiger partial charge is 0.244 e. The van der Waals surface area contributed by atoms with Gasteiger partial charge >= 0.3 is 0 Å². The first kappa shape index (κ1) is 18.8. The van der Waals surface area contributed by atoms with E-state index in [9.17, 15) is 13.2 Å². The fourth-order valence-corrected chi connectivity index (χ4v) is 4.67. The number of halogens is 1. The molecular weight excluding hydrogens is 374 g/mol. The molecule has 0 radical (unpaired) electrons. The fraction of sp³-hybridized carbons (Fsp3) is 0.333. The Balaban J connectivity index is 2.01. The first-order valence-electron chi connectivity index (χ1n) is 8.43.